The lowest BCUT2D eigenvalue weighted by Gasteiger charge is -2.19. The van der Waals surface area contributed by atoms with Crippen molar-refractivity contribution in [2.75, 3.05) is 5.75 Å². The first-order valence-corrected chi connectivity index (χ1v) is 9.10. The fourth-order valence-electron chi connectivity index (χ4n) is 2.11. The summed E-state index contributed by atoms with van der Waals surface area (Å²) in [5.74, 6) is -0.108. The number of unbranched alkanes of at least 4 members (excludes halogenated alkanes) is 1. The first-order chi connectivity index (χ1) is 11.4. The molecule has 0 saturated carbocycles. The molecule has 0 N–H and O–H groups in total. The lowest BCUT2D eigenvalue weighted by Crippen LogP contribution is -2.25. The van der Waals surface area contributed by atoms with Crippen LogP contribution in [-0.4, -0.2) is 37.5 Å². The zero-order valence-corrected chi connectivity index (χ0v) is 15.5. The molecule has 0 saturated heterocycles. The molecule has 0 aliphatic rings. The zero-order valence-electron chi connectivity index (χ0n) is 14.7. The summed E-state index contributed by atoms with van der Waals surface area (Å²) in [5, 5.41) is 12.3. The molecule has 1 aromatic heterocycles. The molecule has 7 heteroatoms. The minimum absolute atomic E-state index is 0.173. The minimum atomic E-state index is -0.488. The highest BCUT2D eigenvalue weighted by Gasteiger charge is 2.18. The third kappa shape index (κ3) is 5.63. The Balaban J connectivity index is 2.00. The molecule has 6 nitrogen and oxygen atoms in total. The van der Waals surface area contributed by atoms with Crippen molar-refractivity contribution < 1.29 is 9.53 Å². The van der Waals surface area contributed by atoms with E-state index in [4.69, 9.17) is 4.74 Å². The third-order valence-corrected chi connectivity index (χ3v) is 4.07. The molecule has 0 spiro atoms. The predicted molar refractivity (Wildman–Crippen MR) is 94.3 cm³/mol. The Morgan fingerprint density at radius 2 is 1.96 bits per heavy atom. The van der Waals surface area contributed by atoms with Gasteiger partial charge in [0.15, 0.2) is 0 Å². The monoisotopic (exact) mass is 348 g/mol. The topological polar surface area (TPSA) is 69.9 Å². The molecule has 1 aromatic carbocycles. The highest BCUT2D eigenvalue weighted by molar-refractivity contribution is 7.99. The fraction of sp³-hybridized carbons (Fsp3) is 0.529. The Hall–Kier alpha value is -1.89. The van der Waals surface area contributed by atoms with Gasteiger partial charge in [-0.05, 0) is 61.7 Å². The summed E-state index contributed by atoms with van der Waals surface area (Å²) in [6, 6.07) is 8.18. The second-order valence-electron chi connectivity index (χ2n) is 6.52. The van der Waals surface area contributed by atoms with Gasteiger partial charge >= 0.3 is 5.97 Å². The quantitative estimate of drug-likeness (QED) is 0.564. The molecule has 2 aromatic rings. The Morgan fingerprint density at radius 3 is 2.58 bits per heavy atom. The molecule has 2 rings (SSSR count). The van der Waals surface area contributed by atoms with Gasteiger partial charge in [-0.1, -0.05) is 37.2 Å². The normalized spacial score (nSPS) is 11.5. The number of esters is 1. The highest BCUT2D eigenvalue weighted by atomic mass is 32.2. The van der Waals surface area contributed by atoms with E-state index < -0.39 is 5.60 Å². The maximum atomic E-state index is 11.8. The average molecular weight is 348 g/mol. The lowest BCUT2D eigenvalue weighted by atomic mass is 10.1. The van der Waals surface area contributed by atoms with Crippen LogP contribution in [0.3, 0.4) is 0 Å². The van der Waals surface area contributed by atoms with E-state index in [2.05, 4.69) is 34.6 Å². The molecular weight excluding hydrogens is 324 g/mol. The number of rotatable bonds is 7. The molecule has 0 aliphatic heterocycles. The van der Waals surface area contributed by atoms with Gasteiger partial charge in [0, 0.05) is 0 Å². The van der Waals surface area contributed by atoms with Gasteiger partial charge in [0.25, 0.3) is 0 Å². The van der Waals surface area contributed by atoms with Crippen LogP contribution in [0.1, 0.15) is 46.1 Å². The Kier molecular flexibility index (Phi) is 6.36. The number of tetrazole rings is 1. The number of ether oxygens (including phenoxy) is 1. The van der Waals surface area contributed by atoms with E-state index in [1.165, 1.54) is 30.2 Å². The number of benzene rings is 1. The van der Waals surface area contributed by atoms with Crippen molar-refractivity contribution in [2.24, 2.45) is 0 Å². The lowest BCUT2D eigenvalue weighted by molar-refractivity contribution is -0.151. The Labute approximate surface area is 147 Å². The number of aromatic nitrogens is 4. The molecule has 0 aliphatic carbocycles. The summed E-state index contributed by atoms with van der Waals surface area (Å²) >= 11 is 1.27. The molecule has 0 amide bonds. The van der Waals surface area contributed by atoms with Crippen molar-refractivity contribution in [3.8, 4) is 5.69 Å². The van der Waals surface area contributed by atoms with Crippen molar-refractivity contribution in [1.29, 1.82) is 0 Å². The molecule has 0 fully saturated rings. The highest BCUT2D eigenvalue weighted by Crippen LogP contribution is 2.20. The first kappa shape index (κ1) is 18.4. The standard InChI is InChI=1S/C17H24N4O2S/c1-5-6-7-13-8-10-14(11-9-13)21-16(18-19-20-21)24-12-15(22)23-17(2,3)4/h8-11H,5-7,12H2,1-4H3. The van der Waals surface area contributed by atoms with Gasteiger partial charge in [-0.2, -0.15) is 4.68 Å². The van der Waals surface area contributed by atoms with Crippen molar-refractivity contribution in [1.82, 2.24) is 20.2 Å². The fourth-order valence-corrected chi connectivity index (χ4v) is 2.77. The maximum Gasteiger partial charge on any atom is 0.316 e. The van der Waals surface area contributed by atoms with Crippen molar-refractivity contribution in [2.45, 2.75) is 57.7 Å². The molecule has 0 atom stereocenters. The third-order valence-electron chi connectivity index (χ3n) is 3.18. The van der Waals surface area contributed by atoms with Crippen LogP contribution < -0.4 is 0 Å². The van der Waals surface area contributed by atoms with E-state index in [1.807, 2.05) is 32.9 Å². The zero-order chi connectivity index (χ0) is 17.6. The van der Waals surface area contributed by atoms with E-state index in [9.17, 15) is 4.79 Å². The van der Waals surface area contributed by atoms with Crippen LogP contribution in [0.25, 0.3) is 5.69 Å². The van der Waals surface area contributed by atoms with Crippen LogP contribution in [0, 0.1) is 0 Å². The molecule has 1 heterocycles. The van der Waals surface area contributed by atoms with Gasteiger partial charge < -0.3 is 4.74 Å². The van der Waals surface area contributed by atoms with Crippen LogP contribution in [0.15, 0.2) is 29.4 Å². The smallest absolute Gasteiger partial charge is 0.316 e. The molecule has 0 unspecified atom stereocenters. The van der Waals surface area contributed by atoms with Gasteiger partial charge in [0.2, 0.25) is 5.16 Å². The summed E-state index contributed by atoms with van der Waals surface area (Å²) < 4.78 is 6.93. The molecule has 0 radical (unpaired) electrons. The van der Waals surface area contributed by atoms with Crippen LogP contribution in [0.4, 0.5) is 0 Å². The largest absolute Gasteiger partial charge is 0.459 e. The number of thioether (sulfide) groups is 1. The molecule has 24 heavy (non-hydrogen) atoms. The second-order valence-corrected chi connectivity index (χ2v) is 7.46. The van der Waals surface area contributed by atoms with Gasteiger partial charge in [0.05, 0.1) is 11.4 Å². The van der Waals surface area contributed by atoms with E-state index in [1.54, 1.807) is 4.68 Å². The van der Waals surface area contributed by atoms with Gasteiger partial charge in [-0.25, -0.2) is 0 Å². The molecule has 0 bridgehead atoms. The SMILES string of the molecule is CCCCc1ccc(-n2nnnc2SCC(=O)OC(C)(C)C)cc1. The van der Waals surface area contributed by atoms with Gasteiger partial charge in [0.1, 0.15) is 5.60 Å². The van der Waals surface area contributed by atoms with E-state index in [0.29, 0.717) is 5.16 Å². The van der Waals surface area contributed by atoms with E-state index >= 15 is 0 Å². The van der Waals surface area contributed by atoms with Crippen LogP contribution >= 0.6 is 11.8 Å². The predicted octanol–water partition coefficient (Wildman–Crippen LogP) is 3.44. The number of carbonyl (C=O) groups excluding carboxylic acids is 1. The number of nitrogens with zero attached hydrogens (tertiary/aromatic N) is 4. The summed E-state index contributed by atoms with van der Waals surface area (Å²) in [4.78, 5) is 11.8. The Morgan fingerprint density at radius 1 is 1.25 bits per heavy atom. The minimum Gasteiger partial charge on any atom is -0.459 e. The van der Waals surface area contributed by atoms with Gasteiger partial charge in [-0.3, -0.25) is 4.79 Å². The van der Waals surface area contributed by atoms with E-state index in [0.717, 1.165) is 12.1 Å². The summed E-state index contributed by atoms with van der Waals surface area (Å²) in [6.45, 7) is 7.72. The summed E-state index contributed by atoms with van der Waals surface area (Å²) in [5.41, 5.74) is 1.70. The number of hydrogen-bond donors (Lipinski definition) is 0. The van der Waals surface area contributed by atoms with Gasteiger partial charge in [-0.15, -0.1) is 5.10 Å². The van der Waals surface area contributed by atoms with Crippen LogP contribution in [-0.2, 0) is 16.0 Å². The summed E-state index contributed by atoms with van der Waals surface area (Å²) in [6.07, 6.45) is 3.44. The maximum absolute atomic E-state index is 11.8. The molecular formula is C17H24N4O2S. The summed E-state index contributed by atoms with van der Waals surface area (Å²) in [7, 11) is 0. The number of aryl methyl sites for hydroxylation is 1. The first-order valence-electron chi connectivity index (χ1n) is 8.11. The van der Waals surface area contributed by atoms with Crippen molar-refractivity contribution in [3.05, 3.63) is 29.8 Å². The molecule has 130 valence electrons. The van der Waals surface area contributed by atoms with Crippen molar-refractivity contribution >= 4 is 17.7 Å². The number of carbonyl (C=O) groups is 1. The second kappa shape index (κ2) is 8.28. The number of hydrogen-bond acceptors (Lipinski definition) is 6. The van der Waals surface area contributed by atoms with E-state index in [-0.39, 0.29) is 11.7 Å². The van der Waals surface area contributed by atoms with Crippen LogP contribution in [0.5, 0.6) is 0 Å². The van der Waals surface area contributed by atoms with Crippen LogP contribution in [0.2, 0.25) is 0 Å². The van der Waals surface area contributed by atoms with Crippen molar-refractivity contribution in [3.63, 3.8) is 0 Å². The average Bonchev–Trinajstić information content (AvgIpc) is 2.98. The Bertz CT molecular complexity index is 662.